The van der Waals surface area contributed by atoms with E-state index in [1.54, 1.807) is 13.8 Å². The fourth-order valence-corrected chi connectivity index (χ4v) is 2.04. The van der Waals surface area contributed by atoms with Gasteiger partial charge in [0, 0.05) is 17.3 Å². The molecule has 0 unspecified atom stereocenters. The molecule has 0 spiro atoms. The number of nitrogens with zero attached hydrogens (tertiary/aromatic N) is 1. The smallest absolute Gasteiger partial charge is 0.311 e. The van der Waals surface area contributed by atoms with Crippen LogP contribution in [0.3, 0.4) is 0 Å². The molecule has 0 bridgehead atoms. The summed E-state index contributed by atoms with van der Waals surface area (Å²) in [5.74, 6) is -0.824. The Morgan fingerprint density at radius 1 is 1.30 bits per heavy atom. The van der Waals surface area contributed by atoms with E-state index < -0.39 is 16.6 Å². The third-order valence-electron chi connectivity index (χ3n) is 3.15. The van der Waals surface area contributed by atoms with Crippen LogP contribution in [0.1, 0.15) is 22.8 Å². The predicted molar refractivity (Wildman–Crippen MR) is 83.4 cm³/mol. The second-order valence-electron chi connectivity index (χ2n) is 4.79. The lowest BCUT2D eigenvalue weighted by molar-refractivity contribution is -0.385. The first-order valence-corrected chi connectivity index (χ1v) is 6.91. The molecule has 1 N–H and O–H groups in total. The van der Waals surface area contributed by atoms with E-state index in [0.717, 1.165) is 6.07 Å². The van der Waals surface area contributed by atoms with E-state index in [0.29, 0.717) is 11.3 Å². The second-order valence-corrected chi connectivity index (χ2v) is 4.79. The van der Waals surface area contributed by atoms with E-state index in [2.05, 4.69) is 5.32 Å². The maximum Gasteiger partial charge on any atom is 0.311 e. The number of aryl methyl sites for hydroxylation is 1. The van der Waals surface area contributed by atoms with Crippen molar-refractivity contribution in [2.24, 2.45) is 0 Å². The van der Waals surface area contributed by atoms with Crippen molar-refractivity contribution in [1.29, 1.82) is 0 Å². The molecule has 0 saturated carbocycles. The molecule has 1 amide bonds. The highest BCUT2D eigenvalue weighted by Gasteiger charge is 2.19. The minimum atomic E-state index is -0.606. The monoisotopic (exact) mass is 318 g/mol. The van der Waals surface area contributed by atoms with Gasteiger partial charge in [0.05, 0.1) is 11.5 Å². The summed E-state index contributed by atoms with van der Waals surface area (Å²) >= 11 is 0. The van der Waals surface area contributed by atoms with Crippen LogP contribution in [-0.2, 0) is 0 Å². The van der Waals surface area contributed by atoms with Crippen LogP contribution < -0.4 is 10.1 Å². The average Bonchev–Trinajstić information content (AvgIpc) is 2.50. The number of anilines is 1. The Bertz CT molecular complexity index is 762. The zero-order valence-electron chi connectivity index (χ0n) is 12.6. The normalized spacial score (nSPS) is 10.2. The molecule has 23 heavy (non-hydrogen) atoms. The molecule has 0 aliphatic rings. The van der Waals surface area contributed by atoms with Crippen molar-refractivity contribution in [1.82, 2.24) is 0 Å². The Morgan fingerprint density at radius 3 is 2.65 bits per heavy atom. The fourth-order valence-electron chi connectivity index (χ4n) is 2.04. The largest absolute Gasteiger partial charge is 0.487 e. The van der Waals surface area contributed by atoms with Crippen molar-refractivity contribution in [3.05, 3.63) is 63.5 Å². The van der Waals surface area contributed by atoms with Gasteiger partial charge >= 0.3 is 5.69 Å². The van der Waals surface area contributed by atoms with Gasteiger partial charge < -0.3 is 10.1 Å². The van der Waals surface area contributed by atoms with E-state index in [1.807, 2.05) is 0 Å². The summed E-state index contributed by atoms with van der Waals surface area (Å²) in [5, 5.41) is 13.7. The first-order chi connectivity index (χ1) is 10.9. The first kappa shape index (κ1) is 16.4. The van der Waals surface area contributed by atoms with E-state index in [-0.39, 0.29) is 23.6 Å². The van der Waals surface area contributed by atoms with E-state index in [4.69, 9.17) is 4.74 Å². The van der Waals surface area contributed by atoms with Crippen LogP contribution in [0, 0.1) is 22.9 Å². The van der Waals surface area contributed by atoms with Crippen molar-refractivity contribution < 1.29 is 18.8 Å². The number of carbonyl (C=O) groups is 1. The van der Waals surface area contributed by atoms with Gasteiger partial charge in [0.15, 0.2) is 5.75 Å². The molecule has 2 rings (SSSR count). The Balaban J connectivity index is 2.28. The zero-order valence-corrected chi connectivity index (χ0v) is 12.6. The van der Waals surface area contributed by atoms with Gasteiger partial charge in [-0.15, -0.1) is 0 Å². The molecule has 0 aliphatic carbocycles. The summed E-state index contributed by atoms with van der Waals surface area (Å²) in [5.41, 5.74) is 0.825. The molecular weight excluding hydrogens is 303 g/mol. The van der Waals surface area contributed by atoms with Crippen LogP contribution in [-0.4, -0.2) is 17.4 Å². The van der Waals surface area contributed by atoms with Crippen LogP contribution in [0.2, 0.25) is 0 Å². The molecule has 0 aromatic heterocycles. The topological polar surface area (TPSA) is 81.5 Å². The molecule has 0 aliphatic heterocycles. The lowest BCUT2D eigenvalue weighted by Gasteiger charge is -2.09. The summed E-state index contributed by atoms with van der Waals surface area (Å²) in [6.45, 7) is 3.64. The van der Waals surface area contributed by atoms with Gasteiger partial charge in [-0.1, -0.05) is 0 Å². The van der Waals surface area contributed by atoms with Gasteiger partial charge in [0.2, 0.25) is 0 Å². The molecule has 0 saturated heterocycles. The van der Waals surface area contributed by atoms with Gasteiger partial charge in [-0.2, -0.15) is 0 Å². The number of amides is 1. The SMILES string of the molecule is CCOc1ccc(C(=O)Nc2ccc(F)cc2C)cc1[N+](=O)[O-]. The summed E-state index contributed by atoms with van der Waals surface area (Å²) in [6, 6.07) is 7.92. The summed E-state index contributed by atoms with van der Waals surface area (Å²) in [6.07, 6.45) is 0. The van der Waals surface area contributed by atoms with Crippen molar-refractivity contribution >= 4 is 17.3 Å². The van der Waals surface area contributed by atoms with Gasteiger partial charge in [-0.05, 0) is 49.7 Å². The Hall–Kier alpha value is -2.96. The molecule has 0 radical (unpaired) electrons. The number of ether oxygens (including phenoxy) is 1. The highest BCUT2D eigenvalue weighted by molar-refractivity contribution is 6.05. The van der Waals surface area contributed by atoms with Crippen LogP contribution in [0.15, 0.2) is 36.4 Å². The quantitative estimate of drug-likeness (QED) is 0.673. The molecule has 0 heterocycles. The van der Waals surface area contributed by atoms with Crippen LogP contribution in [0.5, 0.6) is 5.75 Å². The van der Waals surface area contributed by atoms with Crippen LogP contribution in [0.25, 0.3) is 0 Å². The lowest BCUT2D eigenvalue weighted by atomic mass is 10.1. The molecule has 0 fully saturated rings. The summed E-state index contributed by atoms with van der Waals surface area (Å²) in [4.78, 5) is 22.7. The van der Waals surface area contributed by atoms with Crippen LogP contribution in [0.4, 0.5) is 15.8 Å². The predicted octanol–water partition coefficient (Wildman–Crippen LogP) is 3.69. The van der Waals surface area contributed by atoms with Gasteiger partial charge in [-0.25, -0.2) is 4.39 Å². The second kappa shape index (κ2) is 6.87. The van der Waals surface area contributed by atoms with Crippen molar-refractivity contribution in [3.63, 3.8) is 0 Å². The number of nitrogens with one attached hydrogen (secondary N) is 1. The third kappa shape index (κ3) is 3.82. The van der Waals surface area contributed by atoms with Gasteiger partial charge in [-0.3, -0.25) is 14.9 Å². The Morgan fingerprint density at radius 2 is 2.04 bits per heavy atom. The molecule has 2 aromatic carbocycles. The molecule has 2 aromatic rings. The number of hydrogen-bond acceptors (Lipinski definition) is 4. The summed E-state index contributed by atoms with van der Waals surface area (Å²) in [7, 11) is 0. The molecule has 7 heteroatoms. The number of benzene rings is 2. The minimum Gasteiger partial charge on any atom is -0.487 e. The van der Waals surface area contributed by atoms with E-state index in [1.165, 1.54) is 30.3 Å². The molecule has 6 nitrogen and oxygen atoms in total. The van der Waals surface area contributed by atoms with Crippen molar-refractivity contribution in [3.8, 4) is 5.75 Å². The zero-order chi connectivity index (χ0) is 17.0. The Labute approximate surface area is 132 Å². The maximum atomic E-state index is 13.1. The third-order valence-corrected chi connectivity index (χ3v) is 3.15. The first-order valence-electron chi connectivity index (χ1n) is 6.91. The molecular formula is C16H15FN2O4. The maximum absolute atomic E-state index is 13.1. The van der Waals surface area contributed by atoms with Crippen molar-refractivity contribution in [2.45, 2.75) is 13.8 Å². The minimum absolute atomic E-state index is 0.104. The van der Waals surface area contributed by atoms with E-state index in [9.17, 15) is 19.3 Å². The number of carbonyl (C=O) groups excluding carboxylic acids is 1. The number of rotatable bonds is 5. The van der Waals surface area contributed by atoms with Crippen LogP contribution >= 0.6 is 0 Å². The number of halogens is 1. The standard InChI is InChI=1S/C16H15FN2O4/c1-3-23-15-7-4-11(9-14(15)19(21)22)16(20)18-13-6-5-12(17)8-10(13)2/h4-9H,3H2,1-2H3,(H,18,20). The molecule has 120 valence electrons. The summed E-state index contributed by atoms with van der Waals surface area (Å²) < 4.78 is 18.2. The van der Waals surface area contributed by atoms with E-state index >= 15 is 0 Å². The number of hydrogen-bond donors (Lipinski definition) is 1. The number of nitro groups is 1. The fraction of sp³-hybridized carbons (Fsp3) is 0.188. The lowest BCUT2D eigenvalue weighted by Crippen LogP contribution is -2.13. The highest BCUT2D eigenvalue weighted by Crippen LogP contribution is 2.28. The highest BCUT2D eigenvalue weighted by atomic mass is 19.1. The van der Waals surface area contributed by atoms with Gasteiger partial charge in [0.25, 0.3) is 5.91 Å². The average molecular weight is 318 g/mol. The van der Waals surface area contributed by atoms with Crippen molar-refractivity contribution in [2.75, 3.05) is 11.9 Å². The van der Waals surface area contributed by atoms with Gasteiger partial charge in [0.1, 0.15) is 5.82 Å². The number of nitro benzene ring substituents is 1. The Kier molecular flexibility index (Phi) is 4.90. The molecule has 0 atom stereocenters.